The van der Waals surface area contributed by atoms with E-state index in [-0.39, 0.29) is 5.97 Å². The van der Waals surface area contributed by atoms with E-state index in [9.17, 15) is 4.79 Å². The highest BCUT2D eigenvalue weighted by Crippen LogP contribution is 2.40. The Morgan fingerprint density at radius 2 is 2.05 bits per heavy atom. The Bertz CT molecular complexity index is 566. The van der Waals surface area contributed by atoms with Crippen LogP contribution in [0.4, 0.5) is 11.4 Å². The molecular formula is C18H28N2O2. The molecule has 2 rings (SSSR count). The maximum atomic E-state index is 11.7. The molecule has 122 valence electrons. The highest BCUT2D eigenvalue weighted by atomic mass is 16.5. The number of methoxy groups -OCH3 is 1. The summed E-state index contributed by atoms with van der Waals surface area (Å²) >= 11 is 0. The number of hydrogen-bond acceptors (Lipinski definition) is 4. The molecule has 1 aromatic rings. The molecule has 0 aromatic heterocycles. The summed E-state index contributed by atoms with van der Waals surface area (Å²) in [6.07, 6.45) is 3.55. The van der Waals surface area contributed by atoms with Crippen LogP contribution in [0.3, 0.4) is 0 Å². The number of carbonyl (C=O) groups excluding carboxylic acids is 1. The van der Waals surface area contributed by atoms with E-state index in [4.69, 9.17) is 10.5 Å². The van der Waals surface area contributed by atoms with Gasteiger partial charge in [0.1, 0.15) is 0 Å². The van der Waals surface area contributed by atoms with E-state index in [1.54, 1.807) is 6.07 Å². The van der Waals surface area contributed by atoms with Crippen molar-refractivity contribution in [2.45, 2.75) is 53.0 Å². The summed E-state index contributed by atoms with van der Waals surface area (Å²) in [4.78, 5) is 11.7. The predicted octanol–water partition coefficient (Wildman–Crippen LogP) is 3.99. The maximum Gasteiger partial charge on any atom is 0.338 e. The molecule has 3 N–H and O–H groups in total. The third-order valence-electron chi connectivity index (χ3n) is 4.67. The standard InChI is InChI=1S/C18H28N2O2/c1-11-8-13(10-18(3,4)9-11)20-15-7-6-14(17(21)22-5)12(2)16(15)19/h6-7,11,13,20H,8-10,19H2,1-5H3/t11-,13-/m0/s1. The molecule has 0 amide bonds. The molecule has 1 aromatic carbocycles. The Hall–Kier alpha value is -1.71. The number of ether oxygens (including phenoxy) is 1. The van der Waals surface area contributed by atoms with Crippen molar-refractivity contribution < 1.29 is 9.53 Å². The van der Waals surface area contributed by atoms with Gasteiger partial charge in [-0.15, -0.1) is 0 Å². The average Bonchev–Trinajstić information content (AvgIpc) is 2.41. The number of nitrogens with one attached hydrogen (secondary N) is 1. The van der Waals surface area contributed by atoms with Gasteiger partial charge in [0.05, 0.1) is 24.0 Å². The lowest BCUT2D eigenvalue weighted by atomic mass is 9.70. The number of nitrogens with two attached hydrogens (primary N) is 1. The van der Waals surface area contributed by atoms with E-state index in [0.29, 0.717) is 28.6 Å². The minimum Gasteiger partial charge on any atom is -0.465 e. The largest absolute Gasteiger partial charge is 0.465 e. The fourth-order valence-corrected chi connectivity index (χ4v) is 3.86. The van der Waals surface area contributed by atoms with Crippen molar-refractivity contribution in [2.24, 2.45) is 11.3 Å². The molecular weight excluding hydrogens is 276 g/mol. The molecule has 0 radical (unpaired) electrons. The van der Waals surface area contributed by atoms with Gasteiger partial charge in [-0.1, -0.05) is 20.8 Å². The van der Waals surface area contributed by atoms with Crippen molar-refractivity contribution in [1.82, 2.24) is 0 Å². The normalized spacial score (nSPS) is 23.9. The molecule has 0 saturated heterocycles. The van der Waals surface area contributed by atoms with Crippen LogP contribution in [0.15, 0.2) is 12.1 Å². The lowest BCUT2D eigenvalue weighted by Crippen LogP contribution is -2.35. The van der Waals surface area contributed by atoms with Crippen molar-refractivity contribution in [3.8, 4) is 0 Å². The van der Waals surface area contributed by atoms with Gasteiger partial charge in [-0.3, -0.25) is 0 Å². The Morgan fingerprint density at radius 1 is 1.36 bits per heavy atom. The van der Waals surface area contributed by atoms with E-state index in [0.717, 1.165) is 24.1 Å². The van der Waals surface area contributed by atoms with E-state index in [1.807, 2.05) is 13.0 Å². The molecule has 1 fully saturated rings. The van der Waals surface area contributed by atoms with Gasteiger partial charge in [-0.2, -0.15) is 0 Å². The first-order valence-corrected chi connectivity index (χ1v) is 7.97. The van der Waals surface area contributed by atoms with Gasteiger partial charge >= 0.3 is 5.97 Å². The quantitative estimate of drug-likeness (QED) is 0.654. The SMILES string of the molecule is COC(=O)c1ccc(N[C@H]2C[C@H](C)CC(C)(C)C2)c(N)c1C. The van der Waals surface area contributed by atoms with Crippen LogP contribution in [0.1, 0.15) is 56.0 Å². The second-order valence-corrected chi connectivity index (χ2v) is 7.45. The first-order chi connectivity index (χ1) is 10.2. The van der Waals surface area contributed by atoms with Crippen molar-refractivity contribution in [3.05, 3.63) is 23.3 Å². The van der Waals surface area contributed by atoms with Crippen LogP contribution in [-0.4, -0.2) is 19.1 Å². The zero-order valence-corrected chi connectivity index (χ0v) is 14.3. The highest BCUT2D eigenvalue weighted by Gasteiger charge is 2.32. The number of anilines is 2. The Kier molecular flexibility index (Phi) is 4.69. The second kappa shape index (κ2) is 6.19. The van der Waals surface area contributed by atoms with Gasteiger partial charge in [0, 0.05) is 6.04 Å². The summed E-state index contributed by atoms with van der Waals surface area (Å²) in [6, 6.07) is 4.10. The van der Waals surface area contributed by atoms with Crippen molar-refractivity contribution in [3.63, 3.8) is 0 Å². The minimum atomic E-state index is -0.344. The van der Waals surface area contributed by atoms with Gasteiger partial charge in [0.25, 0.3) is 0 Å². The first kappa shape index (κ1) is 16.7. The lowest BCUT2D eigenvalue weighted by molar-refractivity contribution is 0.0600. The molecule has 4 nitrogen and oxygen atoms in total. The Morgan fingerprint density at radius 3 is 2.64 bits per heavy atom. The van der Waals surface area contributed by atoms with Gasteiger partial charge in [0.15, 0.2) is 0 Å². The lowest BCUT2D eigenvalue weighted by Gasteiger charge is -2.39. The number of rotatable bonds is 3. The summed E-state index contributed by atoms with van der Waals surface area (Å²) in [5.74, 6) is 0.362. The predicted molar refractivity (Wildman–Crippen MR) is 91.1 cm³/mol. The second-order valence-electron chi connectivity index (χ2n) is 7.45. The molecule has 0 bridgehead atoms. The zero-order chi connectivity index (χ0) is 16.5. The third kappa shape index (κ3) is 3.54. The molecule has 0 heterocycles. The van der Waals surface area contributed by atoms with E-state index >= 15 is 0 Å². The molecule has 1 aliphatic carbocycles. The van der Waals surface area contributed by atoms with Gasteiger partial charge in [-0.25, -0.2) is 4.79 Å². The topological polar surface area (TPSA) is 64.3 Å². The summed E-state index contributed by atoms with van der Waals surface area (Å²) in [5, 5.41) is 3.58. The molecule has 0 aliphatic heterocycles. The molecule has 4 heteroatoms. The average molecular weight is 304 g/mol. The number of esters is 1. The van der Waals surface area contributed by atoms with Crippen LogP contribution >= 0.6 is 0 Å². The summed E-state index contributed by atoms with van der Waals surface area (Å²) < 4.78 is 4.79. The molecule has 0 unspecified atom stereocenters. The molecule has 0 spiro atoms. The summed E-state index contributed by atoms with van der Waals surface area (Å²) in [5.41, 5.74) is 9.44. The van der Waals surface area contributed by atoms with E-state index < -0.39 is 0 Å². The van der Waals surface area contributed by atoms with Crippen LogP contribution in [0, 0.1) is 18.3 Å². The third-order valence-corrected chi connectivity index (χ3v) is 4.67. The fourth-order valence-electron chi connectivity index (χ4n) is 3.86. The Labute approximate surface area is 133 Å². The van der Waals surface area contributed by atoms with Crippen molar-refractivity contribution in [2.75, 3.05) is 18.2 Å². The van der Waals surface area contributed by atoms with Crippen LogP contribution in [0.25, 0.3) is 0 Å². The molecule has 1 saturated carbocycles. The Balaban J connectivity index is 2.20. The maximum absolute atomic E-state index is 11.7. The van der Waals surface area contributed by atoms with Crippen LogP contribution in [0.2, 0.25) is 0 Å². The highest BCUT2D eigenvalue weighted by molar-refractivity contribution is 5.94. The van der Waals surface area contributed by atoms with Crippen molar-refractivity contribution >= 4 is 17.3 Å². The summed E-state index contributed by atoms with van der Waals surface area (Å²) in [7, 11) is 1.38. The molecule has 22 heavy (non-hydrogen) atoms. The van der Waals surface area contributed by atoms with E-state index in [2.05, 4.69) is 26.1 Å². The van der Waals surface area contributed by atoms with Gasteiger partial charge < -0.3 is 15.8 Å². The minimum absolute atomic E-state index is 0.344. The number of hydrogen-bond donors (Lipinski definition) is 2. The monoisotopic (exact) mass is 304 g/mol. The number of nitrogen functional groups attached to an aromatic ring is 1. The zero-order valence-electron chi connectivity index (χ0n) is 14.3. The van der Waals surface area contributed by atoms with Gasteiger partial charge in [-0.05, 0) is 55.2 Å². The fraction of sp³-hybridized carbons (Fsp3) is 0.611. The van der Waals surface area contributed by atoms with E-state index in [1.165, 1.54) is 13.5 Å². The van der Waals surface area contributed by atoms with Crippen LogP contribution in [-0.2, 0) is 4.74 Å². The van der Waals surface area contributed by atoms with Gasteiger partial charge in [0.2, 0.25) is 0 Å². The van der Waals surface area contributed by atoms with Crippen LogP contribution < -0.4 is 11.1 Å². The summed E-state index contributed by atoms with van der Waals surface area (Å²) in [6.45, 7) is 8.82. The van der Waals surface area contributed by atoms with Crippen molar-refractivity contribution in [1.29, 1.82) is 0 Å². The smallest absolute Gasteiger partial charge is 0.338 e. The number of benzene rings is 1. The molecule has 1 aliphatic rings. The van der Waals surface area contributed by atoms with Crippen LogP contribution in [0.5, 0.6) is 0 Å². The first-order valence-electron chi connectivity index (χ1n) is 7.97. The molecule has 2 atom stereocenters. The number of carbonyl (C=O) groups is 1.